The van der Waals surface area contributed by atoms with Gasteiger partial charge in [0.1, 0.15) is 11.5 Å². The Morgan fingerprint density at radius 2 is 1.03 bits per heavy atom. The normalized spacial score (nSPS) is 19.7. The van der Waals surface area contributed by atoms with Crippen LogP contribution in [0.15, 0.2) is 73.3 Å². The lowest BCUT2D eigenvalue weighted by atomic mass is 9.85. The van der Waals surface area contributed by atoms with Crippen molar-refractivity contribution in [3.05, 3.63) is 106 Å². The van der Waals surface area contributed by atoms with E-state index < -0.39 is 0 Å². The van der Waals surface area contributed by atoms with Crippen LogP contribution < -0.4 is 29.9 Å². The van der Waals surface area contributed by atoms with Crippen LogP contribution in [-0.2, 0) is 33.1 Å². The highest BCUT2D eigenvalue weighted by Crippen LogP contribution is 2.42. The number of nitrogens with zero attached hydrogens (tertiary/aromatic N) is 8. The molecule has 0 radical (unpaired) electrons. The second-order valence-corrected chi connectivity index (χ2v) is 18.7. The van der Waals surface area contributed by atoms with E-state index in [0.717, 1.165) is 108 Å². The van der Waals surface area contributed by atoms with E-state index in [0.29, 0.717) is 71.2 Å². The molecule has 0 saturated carbocycles. The maximum Gasteiger partial charge on any atom is 0.227 e. The molecule has 2 aliphatic heterocycles. The van der Waals surface area contributed by atoms with Crippen molar-refractivity contribution in [1.29, 1.82) is 0 Å². The third kappa shape index (κ3) is 9.84. The minimum atomic E-state index is -0.265. The number of morpholine rings is 2. The first-order valence-corrected chi connectivity index (χ1v) is 23.6. The summed E-state index contributed by atoms with van der Waals surface area (Å²) >= 11 is 13.3. The van der Waals surface area contributed by atoms with Crippen molar-refractivity contribution in [3.8, 4) is 34.0 Å². The molecule has 2 saturated heterocycles. The fourth-order valence-electron chi connectivity index (χ4n) is 9.21. The molecule has 10 rings (SSSR count). The van der Waals surface area contributed by atoms with Crippen molar-refractivity contribution >= 4 is 57.8 Å². The summed E-state index contributed by atoms with van der Waals surface area (Å²) in [5.41, 5.74) is 10.2. The van der Waals surface area contributed by atoms with Gasteiger partial charge in [0, 0.05) is 96.4 Å². The number of rotatable bonds is 12. The summed E-state index contributed by atoms with van der Waals surface area (Å²) in [5, 5.41) is 27.6. The SMILES string of the molecule is COc1cc(N2CCOCC2)c(Cl)cc1Nc1nccc(-c2cnc3c(c2)C(C)(CO)CC3)n1.COc1cc(N2CCOCC2)c(Cl)cc1Nc1nccc(-c2cnc3c(c2)C(C)(CO)CC3)n1. The summed E-state index contributed by atoms with van der Waals surface area (Å²) in [7, 11) is 3.26. The smallest absolute Gasteiger partial charge is 0.227 e. The average molecular weight is 964 g/mol. The molecule has 2 aromatic carbocycles. The molecule has 4 aromatic heterocycles. The van der Waals surface area contributed by atoms with Crippen LogP contribution in [0.5, 0.6) is 11.5 Å². The van der Waals surface area contributed by atoms with Crippen LogP contribution in [0.2, 0.25) is 10.0 Å². The summed E-state index contributed by atoms with van der Waals surface area (Å²) in [4.78, 5) is 31.8. The minimum Gasteiger partial charge on any atom is -0.494 e. The van der Waals surface area contributed by atoms with Gasteiger partial charge in [0.15, 0.2) is 0 Å². The van der Waals surface area contributed by atoms with Gasteiger partial charge in [-0.1, -0.05) is 37.0 Å². The van der Waals surface area contributed by atoms with Gasteiger partial charge in [0.05, 0.1) is 98.0 Å². The number of aliphatic hydroxyl groups excluding tert-OH is 2. The molecule has 6 heterocycles. The lowest BCUT2D eigenvalue weighted by Crippen LogP contribution is -2.36. The van der Waals surface area contributed by atoms with Crippen LogP contribution in [0.3, 0.4) is 0 Å². The first-order valence-electron chi connectivity index (χ1n) is 22.8. The van der Waals surface area contributed by atoms with Gasteiger partial charge in [-0.3, -0.25) is 9.97 Å². The summed E-state index contributed by atoms with van der Waals surface area (Å²) < 4.78 is 22.2. The number of anilines is 6. The number of fused-ring (bicyclic) bond motifs is 2. The molecule has 356 valence electrons. The summed E-state index contributed by atoms with van der Waals surface area (Å²) in [6.07, 6.45) is 10.6. The van der Waals surface area contributed by atoms with Crippen molar-refractivity contribution in [3.63, 3.8) is 0 Å². The molecule has 2 unspecified atom stereocenters. The van der Waals surface area contributed by atoms with Crippen LogP contribution in [0.4, 0.5) is 34.6 Å². The van der Waals surface area contributed by atoms with Gasteiger partial charge in [0.25, 0.3) is 0 Å². The number of nitrogens with one attached hydrogen (secondary N) is 2. The van der Waals surface area contributed by atoms with Crippen LogP contribution in [0.25, 0.3) is 22.5 Å². The molecule has 2 atom stereocenters. The van der Waals surface area contributed by atoms with E-state index in [1.165, 1.54) is 0 Å². The van der Waals surface area contributed by atoms with Crippen LogP contribution in [-0.4, -0.2) is 120 Å². The largest absolute Gasteiger partial charge is 0.494 e. The van der Waals surface area contributed by atoms with Gasteiger partial charge < -0.3 is 49.6 Å². The monoisotopic (exact) mass is 962 g/mol. The highest BCUT2D eigenvalue weighted by atomic mass is 35.5. The van der Waals surface area contributed by atoms with Crippen molar-refractivity contribution < 1.29 is 29.2 Å². The van der Waals surface area contributed by atoms with Gasteiger partial charge in [0.2, 0.25) is 11.9 Å². The van der Waals surface area contributed by atoms with Gasteiger partial charge in [-0.25, -0.2) is 19.9 Å². The predicted molar refractivity (Wildman–Crippen MR) is 265 cm³/mol. The number of benzene rings is 2. The van der Waals surface area contributed by atoms with Gasteiger partial charge in [-0.05, 0) is 73.2 Å². The van der Waals surface area contributed by atoms with Crippen molar-refractivity contribution in [1.82, 2.24) is 29.9 Å². The Morgan fingerprint density at radius 3 is 1.41 bits per heavy atom. The number of aliphatic hydroxyl groups is 2. The number of hydrogen-bond donors (Lipinski definition) is 4. The lowest BCUT2D eigenvalue weighted by molar-refractivity contribution is 0.122. The third-order valence-corrected chi connectivity index (χ3v) is 14.0. The first kappa shape index (κ1) is 47.2. The molecule has 68 heavy (non-hydrogen) atoms. The van der Waals surface area contributed by atoms with E-state index in [2.05, 4.69) is 66.3 Å². The molecule has 6 aromatic rings. The zero-order valence-corrected chi connectivity index (χ0v) is 40.2. The van der Waals surface area contributed by atoms with Crippen LogP contribution in [0.1, 0.15) is 49.2 Å². The second-order valence-electron chi connectivity index (χ2n) is 17.9. The molecule has 0 bridgehead atoms. The molecular weight excluding hydrogens is 908 g/mol. The van der Waals surface area contributed by atoms with E-state index >= 15 is 0 Å². The Balaban J connectivity index is 0.000000170. The van der Waals surface area contributed by atoms with E-state index in [1.807, 2.05) is 48.8 Å². The number of aryl methyl sites for hydroxylation is 2. The number of pyridine rings is 2. The number of hydrogen-bond acceptors (Lipinski definition) is 16. The summed E-state index contributed by atoms with van der Waals surface area (Å²) in [5.74, 6) is 2.16. The number of ether oxygens (including phenoxy) is 4. The maximum absolute atomic E-state index is 9.92. The second kappa shape index (κ2) is 20.4. The van der Waals surface area contributed by atoms with E-state index in [1.54, 1.807) is 26.6 Å². The highest BCUT2D eigenvalue weighted by Gasteiger charge is 2.36. The maximum atomic E-state index is 9.92. The van der Waals surface area contributed by atoms with Crippen molar-refractivity contribution in [2.45, 2.75) is 50.4 Å². The molecule has 2 fully saturated rings. The molecular formula is C50H56Cl2N10O6. The quantitative estimate of drug-likeness (QED) is 0.0925. The first-order chi connectivity index (χ1) is 33.0. The molecule has 18 heteroatoms. The number of aromatic nitrogens is 6. The predicted octanol–water partition coefficient (Wildman–Crippen LogP) is 7.95. The molecule has 2 aliphatic carbocycles. The van der Waals surface area contributed by atoms with E-state index in [-0.39, 0.29) is 24.0 Å². The Morgan fingerprint density at radius 1 is 0.618 bits per heavy atom. The average Bonchev–Trinajstić information content (AvgIpc) is 3.90. The summed E-state index contributed by atoms with van der Waals surface area (Å²) in [6.45, 7) is 10.2. The fourth-order valence-corrected chi connectivity index (χ4v) is 9.77. The topological polar surface area (TPSA) is 185 Å². The zero-order chi connectivity index (χ0) is 47.4. The zero-order valence-electron chi connectivity index (χ0n) is 38.7. The Hall–Kier alpha value is -5.88. The standard InChI is InChI=1S/2C25H28ClN5O3/c2*1-25(15-32)5-3-20-17(25)11-16(14-28-20)19-4-6-27-24(29-19)30-21-12-18(26)22(13-23(21)33-2)31-7-9-34-10-8-31/h2*4,6,11-14,32H,3,5,7-10,15H2,1-2H3,(H,27,29,30). The third-order valence-electron chi connectivity index (χ3n) is 13.4. The van der Waals surface area contributed by atoms with Gasteiger partial charge in [-0.2, -0.15) is 0 Å². The highest BCUT2D eigenvalue weighted by molar-refractivity contribution is 6.34. The molecule has 16 nitrogen and oxygen atoms in total. The number of methoxy groups -OCH3 is 2. The van der Waals surface area contributed by atoms with E-state index in [9.17, 15) is 10.2 Å². The van der Waals surface area contributed by atoms with E-state index in [4.69, 9.17) is 52.1 Å². The number of halogens is 2. The lowest BCUT2D eigenvalue weighted by Gasteiger charge is -2.30. The van der Waals surface area contributed by atoms with Crippen molar-refractivity contribution in [2.24, 2.45) is 0 Å². The van der Waals surface area contributed by atoms with Crippen LogP contribution >= 0.6 is 23.2 Å². The van der Waals surface area contributed by atoms with Crippen LogP contribution in [0, 0.1) is 0 Å². The molecule has 0 amide bonds. The Bertz CT molecular complexity index is 2590. The Labute approximate surface area is 406 Å². The van der Waals surface area contributed by atoms with Gasteiger partial charge >= 0.3 is 0 Å². The fraction of sp³-hybridized carbons (Fsp3) is 0.400. The molecule has 4 N–H and O–H groups in total. The summed E-state index contributed by atoms with van der Waals surface area (Å²) in [6, 6.07) is 15.4. The molecule has 0 spiro atoms. The molecule has 4 aliphatic rings. The van der Waals surface area contributed by atoms with Gasteiger partial charge in [-0.15, -0.1) is 0 Å². The minimum absolute atomic E-state index is 0.0999. The van der Waals surface area contributed by atoms with Crippen molar-refractivity contribution in [2.75, 3.05) is 100 Å². The Kier molecular flexibility index (Phi) is 14.1.